The minimum Gasteiger partial charge on any atom is -0.304 e. The molecule has 0 fully saturated rings. The summed E-state index contributed by atoms with van der Waals surface area (Å²) in [7, 11) is 2.16. The maximum atomic E-state index is 5.33. The molecule has 1 N–H and O–H groups in total. The van der Waals surface area contributed by atoms with Crippen molar-refractivity contribution in [3.63, 3.8) is 0 Å². The van der Waals surface area contributed by atoms with E-state index in [1.54, 1.807) is 12.4 Å². The maximum absolute atomic E-state index is 5.33. The van der Waals surface area contributed by atoms with E-state index in [-0.39, 0.29) is 0 Å². The highest BCUT2D eigenvalue weighted by Crippen LogP contribution is 2.16. The van der Waals surface area contributed by atoms with Crippen molar-refractivity contribution >= 4 is 12.2 Å². The summed E-state index contributed by atoms with van der Waals surface area (Å²) in [5.41, 5.74) is 1.04. The molecule has 21 heavy (non-hydrogen) atoms. The average molecular weight is 305 g/mol. The molecule has 0 spiro atoms. The van der Waals surface area contributed by atoms with Crippen LogP contribution in [-0.2, 0) is 6.54 Å². The number of pyridine rings is 1. The largest absolute Gasteiger partial charge is 0.304 e. The third-order valence-electron chi connectivity index (χ3n) is 3.72. The molecule has 0 atom stereocenters. The van der Waals surface area contributed by atoms with Crippen LogP contribution in [0.3, 0.4) is 0 Å². The lowest BCUT2D eigenvalue weighted by atomic mass is 10.2. The second kappa shape index (κ2) is 7.47. The van der Waals surface area contributed by atoms with Gasteiger partial charge in [0.05, 0.1) is 0 Å². The molecule has 0 unspecified atom stereocenters. The van der Waals surface area contributed by atoms with E-state index in [1.807, 2.05) is 12.1 Å². The Morgan fingerprint density at radius 2 is 2.00 bits per heavy atom. The molecule has 2 heterocycles. The molecule has 114 valence electrons. The van der Waals surface area contributed by atoms with Gasteiger partial charge in [0.1, 0.15) is 0 Å². The Balaban J connectivity index is 1.98. The monoisotopic (exact) mass is 305 g/mol. The van der Waals surface area contributed by atoms with Gasteiger partial charge in [-0.05, 0) is 64.6 Å². The van der Waals surface area contributed by atoms with E-state index in [0.717, 1.165) is 37.3 Å². The van der Waals surface area contributed by atoms with Crippen LogP contribution in [-0.4, -0.2) is 44.3 Å². The molecular weight excluding hydrogens is 282 g/mol. The third kappa shape index (κ3) is 4.22. The van der Waals surface area contributed by atoms with Crippen molar-refractivity contribution in [2.24, 2.45) is 0 Å². The highest BCUT2D eigenvalue weighted by molar-refractivity contribution is 7.71. The van der Waals surface area contributed by atoms with E-state index >= 15 is 0 Å². The Morgan fingerprint density at radius 1 is 1.29 bits per heavy atom. The number of H-pyrrole nitrogens is 1. The van der Waals surface area contributed by atoms with E-state index in [0.29, 0.717) is 10.8 Å². The molecule has 0 saturated heterocycles. The fraction of sp³-hybridized carbons (Fsp3) is 0.533. The second-order valence-electron chi connectivity index (χ2n) is 5.52. The molecule has 0 saturated carbocycles. The minimum absolute atomic E-state index is 0.591. The zero-order chi connectivity index (χ0) is 15.2. The van der Waals surface area contributed by atoms with Gasteiger partial charge in [0.25, 0.3) is 0 Å². The lowest BCUT2D eigenvalue weighted by Crippen LogP contribution is -2.27. The van der Waals surface area contributed by atoms with Crippen molar-refractivity contribution in [2.75, 3.05) is 13.6 Å². The number of hydrogen-bond acceptors (Lipinski definition) is 4. The molecule has 2 aromatic heterocycles. The number of nitrogens with one attached hydrogen (secondary N) is 1. The van der Waals surface area contributed by atoms with Crippen LogP contribution in [0.15, 0.2) is 24.5 Å². The lowest BCUT2D eigenvalue weighted by molar-refractivity contribution is 0.266. The Hall–Kier alpha value is -1.53. The second-order valence-corrected chi connectivity index (χ2v) is 5.91. The van der Waals surface area contributed by atoms with Gasteiger partial charge < -0.3 is 9.47 Å². The van der Waals surface area contributed by atoms with E-state index in [9.17, 15) is 0 Å². The van der Waals surface area contributed by atoms with Crippen LogP contribution in [0.25, 0.3) is 11.4 Å². The third-order valence-corrected chi connectivity index (χ3v) is 4.03. The van der Waals surface area contributed by atoms with Crippen molar-refractivity contribution in [1.29, 1.82) is 0 Å². The fourth-order valence-electron chi connectivity index (χ4n) is 2.14. The molecule has 0 aromatic carbocycles. The first-order chi connectivity index (χ1) is 10.1. The summed E-state index contributed by atoms with van der Waals surface area (Å²) in [4.78, 5) is 6.40. The maximum Gasteiger partial charge on any atom is 0.195 e. The van der Waals surface area contributed by atoms with Gasteiger partial charge >= 0.3 is 0 Å². The van der Waals surface area contributed by atoms with Crippen LogP contribution in [0.1, 0.15) is 26.7 Å². The smallest absolute Gasteiger partial charge is 0.195 e. The van der Waals surface area contributed by atoms with Crippen LogP contribution < -0.4 is 0 Å². The molecule has 6 heteroatoms. The summed E-state index contributed by atoms with van der Waals surface area (Å²) >= 11 is 5.33. The van der Waals surface area contributed by atoms with Gasteiger partial charge in [-0.3, -0.25) is 10.1 Å². The molecule has 0 aliphatic carbocycles. The summed E-state index contributed by atoms with van der Waals surface area (Å²) in [5.74, 6) is 0.889. The fourth-order valence-corrected chi connectivity index (χ4v) is 2.36. The highest BCUT2D eigenvalue weighted by Gasteiger charge is 2.08. The van der Waals surface area contributed by atoms with E-state index in [1.165, 1.54) is 0 Å². The Morgan fingerprint density at radius 3 is 2.67 bits per heavy atom. The molecular formula is C15H23N5S. The first-order valence-electron chi connectivity index (χ1n) is 7.35. The predicted octanol–water partition coefficient (Wildman–Crippen LogP) is 3.12. The minimum atomic E-state index is 0.591. The zero-order valence-corrected chi connectivity index (χ0v) is 13.7. The lowest BCUT2D eigenvalue weighted by Gasteiger charge is -2.20. The van der Waals surface area contributed by atoms with Gasteiger partial charge in [0.15, 0.2) is 10.6 Å². The van der Waals surface area contributed by atoms with Crippen molar-refractivity contribution in [1.82, 2.24) is 24.6 Å². The Bertz CT molecular complexity index is 602. The molecule has 0 amide bonds. The van der Waals surface area contributed by atoms with E-state index in [2.05, 4.69) is 45.5 Å². The van der Waals surface area contributed by atoms with Crippen LogP contribution in [0.2, 0.25) is 0 Å². The first-order valence-corrected chi connectivity index (χ1v) is 7.76. The van der Waals surface area contributed by atoms with Gasteiger partial charge in [-0.2, -0.15) is 5.10 Å². The predicted molar refractivity (Wildman–Crippen MR) is 87.6 cm³/mol. The number of hydrogen-bond donors (Lipinski definition) is 1. The van der Waals surface area contributed by atoms with Crippen molar-refractivity contribution < 1.29 is 0 Å². The van der Waals surface area contributed by atoms with Crippen LogP contribution in [0.4, 0.5) is 0 Å². The zero-order valence-electron chi connectivity index (χ0n) is 12.9. The van der Waals surface area contributed by atoms with Gasteiger partial charge in [-0.25, -0.2) is 0 Å². The van der Waals surface area contributed by atoms with Crippen LogP contribution in [0, 0.1) is 4.77 Å². The summed E-state index contributed by atoms with van der Waals surface area (Å²) in [5, 5.41) is 7.22. The van der Waals surface area contributed by atoms with Crippen molar-refractivity contribution in [3.8, 4) is 11.4 Å². The van der Waals surface area contributed by atoms with Crippen molar-refractivity contribution in [2.45, 2.75) is 39.3 Å². The van der Waals surface area contributed by atoms with E-state index < -0.39 is 0 Å². The Labute approximate surface area is 131 Å². The average Bonchev–Trinajstić information content (AvgIpc) is 2.85. The van der Waals surface area contributed by atoms with Crippen molar-refractivity contribution in [3.05, 3.63) is 29.3 Å². The molecule has 5 nitrogen and oxygen atoms in total. The number of aromatic nitrogens is 4. The first kappa shape index (κ1) is 15.9. The summed E-state index contributed by atoms with van der Waals surface area (Å²) in [6.45, 7) is 6.42. The topological polar surface area (TPSA) is 49.7 Å². The van der Waals surface area contributed by atoms with Crippen LogP contribution in [0.5, 0.6) is 0 Å². The highest BCUT2D eigenvalue weighted by atomic mass is 32.1. The summed E-state index contributed by atoms with van der Waals surface area (Å²) in [6.07, 6.45) is 5.78. The SMILES string of the molecule is CC(C)N(C)CCCCn1c(-c2ccncc2)n[nH]c1=S. The number of unbranched alkanes of at least 4 members (excludes halogenated alkanes) is 1. The van der Waals surface area contributed by atoms with E-state index in [4.69, 9.17) is 12.2 Å². The number of aromatic amines is 1. The summed E-state index contributed by atoms with van der Waals surface area (Å²) < 4.78 is 2.75. The quantitative estimate of drug-likeness (QED) is 0.631. The number of nitrogens with zero attached hydrogens (tertiary/aromatic N) is 4. The Kier molecular flexibility index (Phi) is 5.64. The number of rotatable bonds is 7. The molecule has 2 rings (SSSR count). The van der Waals surface area contributed by atoms with Gasteiger partial charge in [0, 0.05) is 30.5 Å². The summed E-state index contributed by atoms with van der Waals surface area (Å²) in [6, 6.07) is 4.50. The van der Waals surface area contributed by atoms with Gasteiger partial charge in [-0.15, -0.1) is 0 Å². The molecule has 2 aromatic rings. The molecule has 0 aliphatic rings. The van der Waals surface area contributed by atoms with Crippen LogP contribution >= 0.6 is 12.2 Å². The van der Waals surface area contributed by atoms with Gasteiger partial charge in [-0.1, -0.05) is 0 Å². The van der Waals surface area contributed by atoms with Gasteiger partial charge in [0.2, 0.25) is 0 Å². The molecule has 0 radical (unpaired) electrons. The normalized spacial score (nSPS) is 11.5. The molecule has 0 aliphatic heterocycles. The standard InChI is InChI=1S/C15H23N5S/c1-12(2)19(3)10-4-5-11-20-14(17-18-15(20)21)13-6-8-16-9-7-13/h6-9,12H,4-5,10-11H2,1-3H3,(H,18,21). The molecule has 0 bridgehead atoms.